The first-order valence-electron chi connectivity index (χ1n) is 6.63. The first-order valence-corrected chi connectivity index (χ1v) is 6.63. The van der Waals surface area contributed by atoms with E-state index in [1.54, 1.807) is 0 Å². The van der Waals surface area contributed by atoms with Crippen LogP contribution in [0.25, 0.3) is 11.0 Å². The molecule has 0 bridgehead atoms. The van der Waals surface area contributed by atoms with E-state index in [0.717, 1.165) is 12.1 Å². The van der Waals surface area contributed by atoms with Crippen LogP contribution in [0.15, 0.2) is 18.5 Å². The molecular weight excluding hydrogens is 222 g/mol. The zero-order chi connectivity index (χ0) is 13.3. The van der Waals surface area contributed by atoms with Crippen LogP contribution in [0.1, 0.15) is 31.0 Å². The largest absolute Gasteiger partial charge is 0.327 e. The summed E-state index contributed by atoms with van der Waals surface area (Å²) in [7, 11) is 2.00. The molecule has 1 aromatic carbocycles. The lowest BCUT2D eigenvalue weighted by molar-refractivity contribution is 0.376. The van der Waals surface area contributed by atoms with Gasteiger partial charge in [0.15, 0.2) is 0 Å². The van der Waals surface area contributed by atoms with Crippen LogP contribution in [-0.2, 0) is 0 Å². The molecule has 0 saturated heterocycles. The van der Waals surface area contributed by atoms with Crippen molar-refractivity contribution in [1.82, 2.24) is 14.9 Å². The Bertz CT molecular complexity index is 542. The summed E-state index contributed by atoms with van der Waals surface area (Å²) in [5, 5.41) is 3.25. The van der Waals surface area contributed by atoms with Gasteiger partial charge in [-0.3, -0.25) is 0 Å². The van der Waals surface area contributed by atoms with E-state index >= 15 is 0 Å². The van der Waals surface area contributed by atoms with E-state index < -0.39 is 0 Å². The molecule has 2 unspecified atom stereocenters. The van der Waals surface area contributed by atoms with E-state index in [9.17, 15) is 0 Å². The topological polar surface area (TPSA) is 29.9 Å². The minimum absolute atomic E-state index is 0.449. The second-order valence-electron chi connectivity index (χ2n) is 5.35. The average molecular weight is 245 g/mol. The normalized spacial score (nSPS) is 14.9. The minimum Gasteiger partial charge on any atom is -0.327 e. The third-order valence-corrected chi connectivity index (χ3v) is 3.98. The number of benzene rings is 1. The smallest absolute Gasteiger partial charge is 0.0960 e. The molecule has 0 aliphatic heterocycles. The first kappa shape index (κ1) is 13.1. The molecule has 18 heavy (non-hydrogen) atoms. The van der Waals surface area contributed by atoms with Gasteiger partial charge in [-0.1, -0.05) is 6.92 Å². The molecule has 0 radical (unpaired) electrons. The highest BCUT2D eigenvalue weighted by Crippen LogP contribution is 2.25. The zero-order valence-electron chi connectivity index (χ0n) is 12.0. The fourth-order valence-corrected chi connectivity index (χ4v) is 2.37. The molecule has 0 aliphatic carbocycles. The molecule has 0 spiro atoms. The van der Waals surface area contributed by atoms with Crippen molar-refractivity contribution in [1.29, 1.82) is 0 Å². The predicted molar refractivity (Wildman–Crippen MR) is 77.0 cm³/mol. The highest BCUT2D eigenvalue weighted by Gasteiger charge is 2.16. The van der Waals surface area contributed by atoms with Crippen molar-refractivity contribution in [2.75, 3.05) is 13.6 Å². The fourth-order valence-electron chi connectivity index (χ4n) is 2.37. The standard InChI is InChI=1S/C15H23N3/c1-10-6-14-15(7-11(10)2)18(9-17-14)13(4)12(3)8-16-5/h6-7,9,12-13,16H,8H2,1-5H3. The molecule has 1 heterocycles. The third kappa shape index (κ3) is 2.27. The summed E-state index contributed by atoms with van der Waals surface area (Å²) in [5.41, 5.74) is 4.98. The van der Waals surface area contributed by atoms with E-state index in [4.69, 9.17) is 0 Å². The molecule has 0 amide bonds. The summed E-state index contributed by atoms with van der Waals surface area (Å²) in [6.07, 6.45) is 1.97. The van der Waals surface area contributed by atoms with E-state index in [0.29, 0.717) is 12.0 Å². The van der Waals surface area contributed by atoms with E-state index in [2.05, 4.69) is 54.7 Å². The van der Waals surface area contributed by atoms with Gasteiger partial charge in [0.25, 0.3) is 0 Å². The van der Waals surface area contributed by atoms with E-state index in [1.807, 2.05) is 13.4 Å². The molecule has 1 N–H and O–H groups in total. The summed E-state index contributed by atoms with van der Waals surface area (Å²) in [4.78, 5) is 4.53. The molecular formula is C15H23N3. The Labute approximate surface area is 109 Å². The van der Waals surface area contributed by atoms with E-state index in [1.165, 1.54) is 16.6 Å². The fraction of sp³-hybridized carbons (Fsp3) is 0.533. The lowest BCUT2D eigenvalue weighted by atomic mass is 10.0. The van der Waals surface area contributed by atoms with Crippen molar-refractivity contribution >= 4 is 11.0 Å². The Kier molecular flexibility index (Phi) is 3.71. The van der Waals surface area contributed by atoms with Crippen molar-refractivity contribution < 1.29 is 0 Å². The molecule has 2 aromatic rings. The lowest BCUT2D eigenvalue weighted by Gasteiger charge is -2.22. The number of nitrogens with zero attached hydrogens (tertiary/aromatic N) is 2. The SMILES string of the molecule is CNCC(C)C(C)n1cnc2cc(C)c(C)cc21. The molecule has 0 saturated carbocycles. The van der Waals surface area contributed by atoms with Crippen molar-refractivity contribution in [2.45, 2.75) is 33.7 Å². The molecule has 3 heteroatoms. The Hall–Kier alpha value is -1.35. The van der Waals surface area contributed by atoms with Crippen LogP contribution in [0.2, 0.25) is 0 Å². The number of hydrogen-bond acceptors (Lipinski definition) is 2. The second kappa shape index (κ2) is 5.11. The number of rotatable bonds is 4. The van der Waals surface area contributed by atoms with Crippen LogP contribution in [0.3, 0.4) is 0 Å². The van der Waals surface area contributed by atoms with Gasteiger partial charge in [0.2, 0.25) is 0 Å². The molecule has 3 nitrogen and oxygen atoms in total. The van der Waals surface area contributed by atoms with Gasteiger partial charge < -0.3 is 9.88 Å². The number of imidazole rings is 1. The minimum atomic E-state index is 0.449. The van der Waals surface area contributed by atoms with Gasteiger partial charge in [0.1, 0.15) is 0 Å². The van der Waals surface area contributed by atoms with Gasteiger partial charge in [-0.25, -0.2) is 4.98 Å². The van der Waals surface area contributed by atoms with Crippen molar-refractivity contribution in [3.63, 3.8) is 0 Å². The molecule has 98 valence electrons. The maximum Gasteiger partial charge on any atom is 0.0960 e. The summed E-state index contributed by atoms with van der Waals surface area (Å²) in [6.45, 7) is 9.85. The zero-order valence-corrected chi connectivity index (χ0v) is 12.0. The number of fused-ring (bicyclic) bond motifs is 1. The monoisotopic (exact) mass is 245 g/mol. The first-order chi connectivity index (χ1) is 8.54. The highest BCUT2D eigenvalue weighted by molar-refractivity contribution is 5.77. The Morgan fingerprint density at radius 1 is 1.22 bits per heavy atom. The van der Waals surface area contributed by atoms with Gasteiger partial charge in [0.05, 0.1) is 17.4 Å². The summed E-state index contributed by atoms with van der Waals surface area (Å²) < 4.78 is 2.30. The van der Waals surface area contributed by atoms with Crippen LogP contribution in [0, 0.1) is 19.8 Å². The molecule has 2 atom stereocenters. The van der Waals surface area contributed by atoms with Crippen LogP contribution >= 0.6 is 0 Å². The van der Waals surface area contributed by atoms with Gasteiger partial charge >= 0.3 is 0 Å². The second-order valence-corrected chi connectivity index (χ2v) is 5.35. The molecule has 2 rings (SSSR count). The predicted octanol–water partition coefficient (Wildman–Crippen LogP) is 3.07. The Morgan fingerprint density at radius 3 is 2.56 bits per heavy atom. The number of nitrogens with one attached hydrogen (secondary N) is 1. The number of aryl methyl sites for hydroxylation is 2. The Morgan fingerprint density at radius 2 is 1.89 bits per heavy atom. The van der Waals surface area contributed by atoms with Crippen molar-refractivity contribution in [2.24, 2.45) is 5.92 Å². The van der Waals surface area contributed by atoms with Crippen molar-refractivity contribution in [3.05, 3.63) is 29.6 Å². The maximum atomic E-state index is 4.53. The average Bonchev–Trinajstić information content (AvgIpc) is 2.72. The molecule has 0 fully saturated rings. The number of hydrogen-bond donors (Lipinski definition) is 1. The van der Waals surface area contributed by atoms with Crippen LogP contribution in [0.5, 0.6) is 0 Å². The quantitative estimate of drug-likeness (QED) is 0.897. The number of aromatic nitrogens is 2. The van der Waals surface area contributed by atoms with Crippen molar-refractivity contribution in [3.8, 4) is 0 Å². The maximum absolute atomic E-state index is 4.53. The van der Waals surface area contributed by atoms with Gasteiger partial charge in [0, 0.05) is 6.04 Å². The van der Waals surface area contributed by atoms with Crippen LogP contribution in [-0.4, -0.2) is 23.1 Å². The van der Waals surface area contributed by atoms with Crippen LogP contribution in [0.4, 0.5) is 0 Å². The summed E-state index contributed by atoms with van der Waals surface area (Å²) in [6, 6.07) is 4.88. The lowest BCUT2D eigenvalue weighted by Crippen LogP contribution is -2.23. The molecule has 0 aliphatic rings. The highest BCUT2D eigenvalue weighted by atomic mass is 15.1. The van der Waals surface area contributed by atoms with E-state index in [-0.39, 0.29) is 0 Å². The Balaban J connectivity index is 2.42. The summed E-state index contributed by atoms with van der Waals surface area (Å²) >= 11 is 0. The summed E-state index contributed by atoms with van der Waals surface area (Å²) in [5.74, 6) is 0.578. The van der Waals surface area contributed by atoms with Gasteiger partial charge in [-0.2, -0.15) is 0 Å². The molecule has 1 aromatic heterocycles. The van der Waals surface area contributed by atoms with Crippen LogP contribution < -0.4 is 5.32 Å². The van der Waals surface area contributed by atoms with Gasteiger partial charge in [-0.05, 0) is 63.5 Å². The van der Waals surface area contributed by atoms with Gasteiger partial charge in [-0.15, -0.1) is 0 Å². The third-order valence-electron chi connectivity index (χ3n) is 3.98.